The van der Waals surface area contributed by atoms with Crippen LogP contribution >= 0.6 is 0 Å². The number of benzene rings is 2. The Morgan fingerprint density at radius 3 is 2.54 bits per heavy atom. The Kier molecular flexibility index (Phi) is 6.32. The van der Waals surface area contributed by atoms with Crippen LogP contribution in [0.5, 0.6) is 17.2 Å². The van der Waals surface area contributed by atoms with Gasteiger partial charge in [-0.15, -0.1) is 0 Å². The van der Waals surface area contributed by atoms with E-state index >= 15 is 0 Å². The highest BCUT2D eigenvalue weighted by Crippen LogP contribution is 2.37. The van der Waals surface area contributed by atoms with Gasteiger partial charge >= 0.3 is 5.69 Å². The third-order valence-electron chi connectivity index (χ3n) is 3.53. The number of allylic oxidation sites excluding steroid dienone is 1. The van der Waals surface area contributed by atoms with Gasteiger partial charge in [-0.05, 0) is 48.4 Å². The molecule has 0 bridgehead atoms. The smallest absolute Gasteiger partial charge is 0.315 e. The molecule has 26 heavy (non-hydrogen) atoms. The lowest BCUT2D eigenvalue weighted by molar-refractivity contribution is -0.386. The van der Waals surface area contributed by atoms with Gasteiger partial charge in [0.25, 0.3) is 0 Å². The number of hydrogen-bond donors (Lipinski definition) is 1. The Hall–Kier alpha value is -3.35. The first-order valence-electron chi connectivity index (χ1n) is 7.97. The number of ether oxygens (including phenoxy) is 2. The molecule has 0 aliphatic carbocycles. The molecule has 2 aromatic carbocycles. The number of phenols is 1. The number of phenolic OH excluding ortho intramolecular Hbond substituents is 1. The maximum atomic E-state index is 12.2. The first kappa shape index (κ1) is 19.0. The minimum atomic E-state index is -0.716. The average Bonchev–Trinajstić information content (AvgIpc) is 2.65. The van der Waals surface area contributed by atoms with E-state index in [4.69, 9.17) is 9.47 Å². The van der Waals surface area contributed by atoms with Crippen molar-refractivity contribution in [1.82, 2.24) is 0 Å². The predicted octanol–water partition coefficient (Wildman–Crippen LogP) is 3.99. The number of carbonyl (C=O) groups is 1. The summed E-state index contributed by atoms with van der Waals surface area (Å²) in [6, 6.07) is 9.31. The fourth-order valence-corrected chi connectivity index (χ4v) is 2.21. The second-order valence-corrected chi connectivity index (χ2v) is 5.42. The van der Waals surface area contributed by atoms with Gasteiger partial charge < -0.3 is 14.6 Å². The molecule has 7 heteroatoms. The van der Waals surface area contributed by atoms with E-state index in [1.807, 2.05) is 6.92 Å². The first-order chi connectivity index (χ1) is 12.5. The maximum Gasteiger partial charge on any atom is 0.315 e. The van der Waals surface area contributed by atoms with Crippen molar-refractivity contribution in [2.24, 2.45) is 0 Å². The molecule has 136 valence electrons. The van der Waals surface area contributed by atoms with Gasteiger partial charge in [-0.25, -0.2) is 0 Å². The molecular formula is C19H19NO6. The van der Waals surface area contributed by atoms with Crippen LogP contribution in [0.1, 0.15) is 29.3 Å². The number of carbonyl (C=O) groups excluding carboxylic acids is 1. The van der Waals surface area contributed by atoms with Crippen LogP contribution in [0.25, 0.3) is 6.08 Å². The first-order valence-corrected chi connectivity index (χ1v) is 7.97. The number of aromatic hydroxyl groups is 1. The second-order valence-electron chi connectivity index (χ2n) is 5.42. The molecule has 0 heterocycles. The van der Waals surface area contributed by atoms with Crippen LogP contribution in [0.2, 0.25) is 0 Å². The van der Waals surface area contributed by atoms with Gasteiger partial charge in [-0.1, -0.05) is 13.0 Å². The molecule has 0 amide bonds. The lowest BCUT2D eigenvalue weighted by atomic mass is 10.1. The lowest BCUT2D eigenvalue weighted by Gasteiger charge is -2.05. The summed E-state index contributed by atoms with van der Waals surface area (Å²) in [4.78, 5) is 22.5. The van der Waals surface area contributed by atoms with Crippen LogP contribution < -0.4 is 9.47 Å². The third-order valence-corrected chi connectivity index (χ3v) is 3.53. The predicted molar refractivity (Wildman–Crippen MR) is 96.9 cm³/mol. The van der Waals surface area contributed by atoms with Crippen LogP contribution in [0, 0.1) is 10.1 Å². The van der Waals surface area contributed by atoms with E-state index in [2.05, 4.69) is 0 Å². The summed E-state index contributed by atoms with van der Waals surface area (Å²) >= 11 is 0. The van der Waals surface area contributed by atoms with Crippen molar-refractivity contribution in [3.8, 4) is 17.2 Å². The Morgan fingerprint density at radius 2 is 1.96 bits per heavy atom. The molecule has 0 aliphatic rings. The van der Waals surface area contributed by atoms with Gasteiger partial charge in [0.2, 0.25) is 5.75 Å². The van der Waals surface area contributed by atoms with Crippen molar-refractivity contribution < 1.29 is 24.3 Å². The molecule has 0 radical (unpaired) electrons. The molecule has 0 unspecified atom stereocenters. The summed E-state index contributed by atoms with van der Waals surface area (Å²) in [5.41, 5.74) is 0.335. The van der Waals surface area contributed by atoms with E-state index in [0.29, 0.717) is 23.5 Å². The normalized spacial score (nSPS) is 10.7. The van der Waals surface area contributed by atoms with Gasteiger partial charge in [0, 0.05) is 11.6 Å². The molecule has 2 aromatic rings. The topological polar surface area (TPSA) is 98.9 Å². The average molecular weight is 357 g/mol. The standard InChI is InChI=1S/C19H19NO6/c1-3-10-26-15-7-5-14(6-8-15)17(21)9-4-13-11-16(20(23)24)19(22)18(12-13)25-2/h4-9,11-12,22H,3,10H2,1-2H3/b9-4+. The fraction of sp³-hybridized carbons (Fsp3) is 0.211. The van der Waals surface area contributed by atoms with Crippen LogP contribution in [0.4, 0.5) is 5.69 Å². The summed E-state index contributed by atoms with van der Waals surface area (Å²) in [5.74, 6) is -0.166. The summed E-state index contributed by atoms with van der Waals surface area (Å²) in [5, 5.41) is 20.8. The number of ketones is 1. The largest absolute Gasteiger partial charge is 0.500 e. The number of rotatable bonds is 8. The SMILES string of the molecule is CCCOc1ccc(C(=O)/C=C/c2cc(OC)c(O)c([N+](=O)[O-])c2)cc1. The number of nitrogens with zero attached hydrogens (tertiary/aromatic N) is 1. The van der Waals surface area contributed by atoms with E-state index in [-0.39, 0.29) is 11.5 Å². The summed E-state index contributed by atoms with van der Waals surface area (Å²) in [6.07, 6.45) is 3.63. The molecule has 0 aliphatic heterocycles. The Labute approximate surface area is 150 Å². The summed E-state index contributed by atoms with van der Waals surface area (Å²) in [7, 11) is 1.29. The zero-order valence-electron chi connectivity index (χ0n) is 14.5. The quantitative estimate of drug-likeness (QED) is 0.332. The monoisotopic (exact) mass is 357 g/mol. The summed E-state index contributed by atoms with van der Waals surface area (Å²) < 4.78 is 10.4. The van der Waals surface area contributed by atoms with Gasteiger partial charge in [0.1, 0.15) is 5.75 Å². The van der Waals surface area contributed by atoms with Crippen molar-refractivity contribution in [2.75, 3.05) is 13.7 Å². The van der Waals surface area contributed by atoms with Crippen molar-refractivity contribution in [3.05, 3.63) is 63.7 Å². The number of methoxy groups -OCH3 is 1. The number of nitro benzene ring substituents is 1. The van der Waals surface area contributed by atoms with E-state index in [1.54, 1.807) is 24.3 Å². The third kappa shape index (κ3) is 4.60. The van der Waals surface area contributed by atoms with Crippen LogP contribution in [0.15, 0.2) is 42.5 Å². The van der Waals surface area contributed by atoms with E-state index < -0.39 is 16.4 Å². The highest BCUT2D eigenvalue weighted by atomic mass is 16.6. The number of nitro groups is 1. The van der Waals surface area contributed by atoms with Gasteiger partial charge in [-0.3, -0.25) is 14.9 Å². The highest BCUT2D eigenvalue weighted by molar-refractivity contribution is 6.06. The van der Waals surface area contributed by atoms with Crippen molar-refractivity contribution in [3.63, 3.8) is 0 Å². The van der Waals surface area contributed by atoms with E-state index in [1.165, 1.54) is 31.4 Å². The second kappa shape index (κ2) is 8.66. The zero-order valence-corrected chi connectivity index (χ0v) is 14.5. The van der Waals surface area contributed by atoms with E-state index in [9.17, 15) is 20.0 Å². The van der Waals surface area contributed by atoms with Crippen molar-refractivity contribution in [1.29, 1.82) is 0 Å². The van der Waals surface area contributed by atoms with Crippen LogP contribution in [-0.4, -0.2) is 29.5 Å². The minimum Gasteiger partial charge on any atom is -0.500 e. The lowest BCUT2D eigenvalue weighted by Crippen LogP contribution is -1.97. The van der Waals surface area contributed by atoms with Crippen molar-refractivity contribution in [2.45, 2.75) is 13.3 Å². The van der Waals surface area contributed by atoms with Crippen molar-refractivity contribution >= 4 is 17.5 Å². The highest BCUT2D eigenvalue weighted by Gasteiger charge is 2.19. The Bertz CT molecular complexity index is 827. The molecule has 0 atom stereocenters. The van der Waals surface area contributed by atoms with Crippen LogP contribution in [0.3, 0.4) is 0 Å². The minimum absolute atomic E-state index is 0.0382. The molecule has 0 fully saturated rings. The molecule has 0 aromatic heterocycles. The number of hydrogen-bond acceptors (Lipinski definition) is 6. The van der Waals surface area contributed by atoms with Gasteiger partial charge in [-0.2, -0.15) is 0 Å². The van der Waals surface area contributed by atoms with Crippen LogP contribution in [-0.2, 0) is 0 Å². The zero-order chi connectivity index (χ0) is 19.1. The maximum absolute atomic E-state index is 12.2. The molecule has 7 nitrogen and oxygen atoms in total. The van der Waals surface area contributed by atoms with Gasteiger partial charge in [0.05, 0.1) is 18.6 Å². The summed E-state index contributed by atoms with van der Waals surface area (Å²) in [6.45, 7) is 2.61. The molecule has 0 spiro atoms. The fourth-order valence-electron chi connectivity index (χ4n) is 2.21. The molecule has 0 saturated heterocycles. The van der Waals surface area contributed by atoms with Gasteiger partial charge in [0.15, 0.2) is 11.5 Å². The molecular weight excluding hydrogens is 338 g/mol. The Morgan fingerprint density at radius 1 is 1.27 bits per heavy atom. The molecule has 1 N–H and O–H groups in total. The molecule has 2 rings (SSSR count). The molecule has 0 saturated carbocycles. The van der Waals surface area contributed by atoms with E-state index in [0.717, 1.165) is 6.42 Å². The Balaban J connectivity index is 2.19.